The van der Waals surface area contributed by atoms with Gasteiger partial charge in [0.05, 0.1) is 0 Å². The molecule has 0 rings (SSSR count). The summed E-state index contributed by atoms with van der Waals surface area (Å²) in [5.74, 6) is 0. The van der Waals surface area contributed by atoms with Crippen molar-refractivity contribution in [2.45, 2.75) is 54.6 Å². The summed E-state index contributed by atoms with van der Waals surface area (Å²) in [6.07, 6.45) is 2.23. The zero-order valence-corrected chi connectivity index (χ0v) is 13.4. The first kappa shape index (κ1) is 18.8. The van der Waals surface area contributed by atoms with Crippen LogP contribution in [-0.4, -0.2) is 6.18 Å². The van der Waals surface area contributed by atoms with Gasteiger partial charge in [0.1, 0.15) is 5.41 Å². The summed E-state index contributed by atoms with van der Waals surface area (Å²) in [4.78, 5) is 0. The first-order chi connectivity index (χ1) is 8.92. The highest BCUT2D eigenvalue weighted by molar-refractivity contribution is 5.34. The van der Waals surface area contributed by atoms with Crippen LogP contribution < -0.4 is 0 Å². The molecule has 0 aliphatic rings. The van der Waals surface area contributed by atoms with Gasteiger partial charge < -0.3 is 0 Å². The lowest BCUT2D eigenvalue weighted by Gasteiger charge is -2.34. The SMILES string of the molecule is CC(C)=C/C=C(\C)C(C)(/C(C)=C/C=C(C)C)C(F)(F)F. The average Bonchev–Trinajstić information content (AvgIpc) is 2.30. The lowest BCUT2D eigenvalue weighted by Crippen LogP contribution is -2.37. The van der Waals surface area contributed by atoms with Crippen LogP contribution in [-0.2, 0) is 0 Å². The predicted molar refractivity (Wildman–Crippen MR) is 80.5 cm³/mol. The number of halogens is 3. The highest BCUT2D eigenvalue weighted by atomic mass is 19.4. The number of allylic oxidation sites excluding steroid dienone is 8. The van der Waals surface area contributed by atoms with Crippen LogP contribution in [0, 0.1) is 5.41 Å². The summed E-state index contributed by atoms with van der Waals surface area (Å²) < 4.78 is 40.6. The van der Waals surface area contributed by atoms with Crippen LogP contribution in [0.5, 0.6) is 0 Å². The van der Waals surface area contributed by atoms with E-state index in [9.17, 15) is 13.2 Å². The minimum absolute atomic E-state index is 0.294. The molecule has 0 heterocycles. The monoisotopic (exact) mass is 286 g/mol. The molecular weight excluding hydrogens is 261 g/mol. The zero-order valence-electron chi connectivity index (χ0n) is 13.4. The van der Waals surface area contributed by atoms with Crippen LogP contribution in [0.25, 0.3) is 0 Å². The minimum Gasteiger partial charge on any atom is -0.170 e. The second-order valence-corrected chi connectivity index (χ2v) is 5.81. The van der Waals surface area contributed by atoms with E-state index >= 15 is 0 Å². The third-order valence-electron chi connectivity index (χ3n) is 3.48. The van der Waals surface area contributed by atoms with Gasteiger partial charge in [0.25, 0.3) is 0 Å². The molecule has 0 saturated carbocycles. The van der Waals surface area contributed by atoms with Gasteiger partial charge in [0.2, 0.25) is 0 Å². The molecule has 0 bridgehead atoms. The Kier molecular flexibility index (Phi) is 6.52. The summed E-state index contributed by atoms with van der Waals surface area (Å²) in [6.45, 7) is 11.8. The molecule has 0 aromatic heterocycles. The van der Waals surface area contributed by atoms with Crippen molar-refractivity contribution in [3.8, 4) is 0 Å². The molecule has 0 fully saturated rings. The molecule has 0 unspecified atom stereocenters. The summed E-state index contributed by atoms with van der Waals surface area (Å²) in [5, 5.41) is 0. The summed E-state index contributed by atoms with van der Waals surface area (Å²) in [7, 11) is 0. The van der Waals surface area contributed by atoms with E-state index in [1.165, 1.54) is 20.8 Å². The van der Waals surface area contributed by atoms with Gasteiger partial charge >= 0.3 is 6.18 Å². The average molecular weight is 286 g/mol. The quantitative estimate of drug-likeness (QED) is 0.526. The Bertz CT molecular complexity index is 415. The molecule has 0 aliphatic heterocycles. The highest BCUT2D eigenvalue weighted by Gasteiger charge is 2.52. The molecule has 0 aromatic carbocycles. The molecule has 0 amide bonds. The first-order valence-electron chi connectivity index (χ1n) is 6.64. The van der Waals surface area contributed by atoms with Crippen molar-refractivity contribution in [1.82, 2.24) is 0 Å². The van der Waals surface area contributed by atoms with E-state index in [-0.39, 0.29) is 0 Å². The lowest BCUT2D eigenvalue weighted by molar-refractivity contribution is -0.190. The number of hydrogen-bond acceptors (Lipinski definition) is 0. The molecule has 0 radical (unpaired) electrons. The van der Waals surface area contributed by atoms with Crippen molar-refractivity contribution in [1.29, 1.82) is 0 Å². The maximum Gasteiger partial charge on any atom is 0.401 e. The molecule has 0 saturated heterocycles. The largest absolute Gasteiger partial charge is 0.401 e. The van der Waals surface area contributed by atoms with Gasteiger partial charge in [-0.2, -0.15) is 13.2 Å². The van der Waals surface area contributed by atoms with Crippen molar-refractivity contribution in [2.75, 3.05) is 0 Å². The van der Waals surface area contributed by atoms with Crippen LogP contribution in [0.1, 0.15) is 48.5 Å². The standard InChI is InChI=1S/C17H25F3/c1-12(2)8-10-14(5)16(7,17(18,19)20)15(6)11-9-13(3)4/h8-11H,1-7H3/b14-10+,15-11+. The fraction of sp³-hybridized carbons (Fsp3) is 0.529. The van der Waals surface area contributed by atoms with Gasteiger partial charge in [-0.15, -0.1) is 0 Å². The molecule has 114 valence electrons. The zero-order chi connectivity index (χ0) is 16.1. The van der Waals surface area contributed by atoms with Crippen LogP contribution in [0.2, 0.25) is 0 Å². The molecule has 20 heavy (non-hydrogen) atoms. The van der Waals surface area contributed by atoms with Gasteiger partial charge in [0.15, 0.2) is 0 Å². The van der Waals surface area contributed by atoms with Crippen molar-refractivity contribution < 1.29 is 13.2 Å². The Hall–Kier alpha value is -1.25. The summed E-state index contributed by atoms with van der Waals surface area (Å²) in [6, 6.07) is 0. The molecule has 0 nitrogen and oxygen atoms in total. The van der Waals surface area contributed by atoms with E-state index in [1.807, 2.05) is 27.7 Å². The smallest absolute Gasteiger partial charge is 0.170 e. The number of rotatable bonds is 4. The maximum absolute atomic E-state index is 13.5. The summed E-state index contributed by atoms with van der Waals surface area (Å²) in [5.41, 5.74) is 0.592. The Morgan fingerprint density at radius 2 is 0.950 bits per heavy atom. The Morgan fingerprint density at radius 1 is 0.650 bits per heavy atom. The van der Waals surface area contributed by atoms with Gasteiger partial charge in [-0.3, -0.25) is 0 Å². The van der Waals surface area contributed by atoms with E-state index in [4.69, 9.17) is 0 Å². The highest BCUT2D eigenvalue weighted by Crippen LogP contribution is 2.49. The van der Waals surface area contributed by atoms with E-state index in [0.29, 0.717) is 11.1 Å². The molecule has 0 aliphatic carbocycles. The fourth-order valence-corrected chi connectivity index (χ4v) is 1.67. The van der Waals surface area contributed by atoms with E-state index in [2.05, 4.69) is 0 Å². The molecule has 0 atom stereocenters. The third-order valence-corrected chi connectivity index (χ3v) is 3.48. The van der Waals surface area contributed by atoms with Crippen LogP contribution in [0.4, 0.5) is 13.2 Å². The van der Waals surface area contributed by atoms with Crippen molar-refractivity contribution >= 4 is 0 Å². The van der Waals surface area contributed by atoms with E-state index in [1.54, 1.807) is 24.3 Å². The van der Waals surface area contributed by atoms with Gasteiger partial charge in [-0.25, -0.2) is 0 Å². The van der Waals surface area contributed by atoms with Crippen molar-refractivity contribution in [3.63, 3.8) is 0 Å². The van der Waals surface area contributed by atoms with Crippen molar-refractivity contribution in [3.05, 3.63) is 46.6 Å². The van der Waals surface area contributed by atoms with Crippen LogP contribution >= 0.6 is 0 Å². The van der Waals surface area contributed by atoms with E-state index < -0.39 is 11.6 Å². The topological polar surface area (TPSA) is 0 Å². The van der Waals surface area contributed by atoms with Crippen molar-refractivity contribution in [2.24, 2.45) is 5.41 Å². The Morgan fingerprint density at radius 3 is 1.15 bits per heavy atom. The summed E-state index contributed by atoms with van der Waals surface area (Å²) >= 11 is 0. The molecular formula is C17H25F3. The van der Waals surface area contributed by atoms with E-state index in [0.717, 1.165) is 11.1 Å². The lowest BCUT2D eigenvalue weighted by atomic mass is 9.75. The van der Waals surface area contributed by atoms with Gasteiger partial charge in [-0.1, -0.05) is 46.6 Å². The molecule has 0 N–H and O–H groups in total. The Balaban J connectivity index is 5.91. The van der Waals surface area contributed by atoms with Crippen LogP contribution in [0.15, 0.2) is 46.6 Å². The van der Waals surface area contributed by atoms with Crippen LogP contribution in [0.3, 0.4) is 0 Å². The predicted octanol–water partition coefficient (Wildman–Crippen LogP) is 6.38. The van der Waals surface area contributed by atoms with Gasteiger partial charge in [-0.05, 0) is 48.5 Å². The van der Waals surface area contributed by atoms with Gasteiger partial charge in [0, 0.05) is 0 Å². The first-order valence-corrected chi connectivity index (χ1v) is 6.64. The minimum atomic E-state index is -4.32. The fourth-order valence-electron chi connectivity index (χ4n) is 1.67. The number of hydrogen-bond donors (Lipinski definition) is 0. The molecule has 3 heteroatoms. The maximum atomic E-state index is 13.5. The second-order valence-electron chi connectivity index (χ2n) is 5.81. The Labute approximate surface area is 120 Å². The molecule has 0 aromatic rings. The number of alkyl halides is 3. The normalized spacial score (nSPS) is 16.5. The second kappa shape index (κ2) is 6.96. The third kappa shape index (κ3) is 4.69. The molecule has 0 spiro atoms.